The second-order valence-electron chi connectivity index (χ2n) is 7.11. The summed E-state index contributed by atoms with van der Waals surface area (Å²) in [5.74, 6) is 0. The minimum absolute atomic E-state index is 0.212. The molecule has 0 saturated heterocycles. The Labute approximate surface area is 128 Å². The van der Waals surface area contributed by atoms with E-state index in [1.165, 1.54) is 22.3 Å². The Balaban J connectivity index is 1.93. The van der Waals surface area contributed by atoms with Gasteiger partial charge in [-0.2, -0.15) is 0 Å². The third kappa shape index (κ3) is 3.19. The molecule has 2 aromatic carbocycles. The lowest BCUT2D eigenvalue weighted by Crippen LogP contribution is -2.31. The van der Waals surface area contributed by atoms with Crippen LogP contribution >= 0.6 is 0 Å². The van der Waals surface area contributed by atoms with Crippen molar-refractivity contribution >= 4 is 0 Å². The van der Waals surface area contributed by atoms with Crippen molar-refractivity contribution in [2.75, 3.05) is 6.54 Å². The molecule has 0 fully saturated rings. The summed E-state index contributed by atoms with van der Waals surface area (Å²) in [6.07, 6.45) is 2.21. The van der Waals surface area contributed by atoms with Gasteiger partial charge in [-0.3, -0.25) is 0 Å². The fraction of sp³-hybridized carbons (Fsp3) is 0.400. The average molecular weight is 279 g/mol. The smallest absolute Gasteiger partial charge is 0.0363 e. The molecule has 1 heteroatoms. The third-order valence-electron chi connectivity index (χ3n) is 4.46. The van der Waals surface area contributed by atoms with Crippen molar-refractivity contribution < 1.29 is 0 Å². The lowest BCUT2D eigenvalue weighted by Gasteiger charge is -2.30. The van der Waals surface area contributed by atoms with Crippen molar-refractivity contribution in [1.82, 2.24) is 5.32 Å². The highest BCUT2D eigenvalue weighted by molar-refractivity contribution is 5.39. The maximum atomic E-state index is 3.70. The topological polar surface area (TPSA) is 12.0 Å². The standard InChI is InChI=1S/C20H25N/c1-20(2,3)17-10-9-16-11-12-21-19(18(16)14-17)13-15-7-5-4-6-8-15/h4-10,14,19,21H,11-13H2,1-3H3. The Kier molecular flexibility index (Phi) is 3.86. The molecule has 0 amide bonds. The maximum absolute atomic E-state index is 3.70. The third-order valence-corrected chi connectivity index (χ3v) is 4.46. The summed E-state index contributed by atoms with van der Waals surface area (Å²) in [4.78, 5) is 0. The van der Waals surface area contributed by atoms with Crippen LogP contribution in [-0.4, -0.2) is 6.54 Å². The van der Waals surface area contributed by atoms with E-state index in [-0.39, 0.29) is 5.41 Å². The first kappa shape index (κ1) is 14.3. The van der Waals surface area contributed by atoms with Crippen molar-refractivity contribution in [1.29, 1.82) is 0 Å². The predicted molar refractivity (Wildman–Crippen MR) is 89.7 cm³/mol. The summed E-state index contributed by atoms with van der Waals surface area (Å²) in [6, 6.07) is 18.3. The average Bonchev–Trinajstić information content (AvgIpc) is 2.47. The van der Waals surface area contributed by atoms with Crippen LogP contribution in [0.2, 0.25) is 0 Å². The Bertz CT molecular complexity index is 607. The molecule has 0 aromatic heterocycles. The molecule has 1 heterocycles. The van der Waals surface area contributed by atoms with Crippen LogP contribution in [0.25, 0.3) is 0 Å². The van der Waals surface area contributed by atoms with Gasteiger partial charge in [-0.15, -0.1) is 0 Å². The van der Waals surface area contributed by atoms with Crippen LogP contribution in [0.1, 0.15) is 49.1 Å². The molecule has 0 spiro atoms. The van der Waals surface area contributed by atoms with Gasteiger partial charge in [0.05, 0.1) is 0 Å². The Morgan fingerprint density at radius 2 is 1.81 bits per heavy atom. The van der Waals surface area contributed by atoms with E-state index >= 15 is 0 Å². The molecule has 0 aliphatic carbocycles. The van der Waals surface area contributed by atoms with Gasteiger partial charge in [-0.1, -0.05) is 69.3 Å². The van der Waals surface area contributed by atoms with Crippen LogP contribution in [0, 0.1) is 0 Å². The number of nitrogens with one attached hydrogen (secondary N) is 1. The molecule has 2 aromatic rings. The lowest BCUT2D eigenvalue weighted by atomic mass is 9.82. The molecule has 0 radical (unpaired) electrons. The van der Waals surface area contributed by atoms with E-state index < -0.39 is 0 Å². The lowest BCUT2D eigenvalue weighted by molar-refractivity contribution is 0.498. The monoisotopic (exact) mass is 279 g/mol. The van der Waals surface area contributed by atoms with Gasteiger partial charge in [0.15, 0.2) is 0 Å². The van der Waals surface area contributed by atoms with E-state index in [1.807, 2.05) is 0 Å². The molecule has 1 aliphatic heterocycles. The highest BCUT2D eigenvalue weighted by atomic mass is 14.9. The van der Waals surface area contributed by atoms with Crippen molar-refractivity contribution in [3.05, 3.63) is 70.8 Å². The van der Waals surface area contributed by atoms with Crippen LogP contribution < -0.4 is 5.32 Å². The SMILES string of the molecule is CC(C)(C)c1ccc2c(c1)C(Cc1ccccc1)NCC2. The van der Waals surface area contributed by atoms with Crippen molar-refractivity contribution in [3.63, 3.8) is 0 Å². The second kappa shape index (κ2) is 5.65. The first-order valence-corrected chi connectivity index (χ1v) is 7.94. The van der Waals surface area contributed by atoms with E-state index in [4.69, 9.17) is 0 Å². The molecule has 1 unspecified atom stereocenters. The summed E-state index contributed by atoms with van der Waals surface area (Å²) < 4.78 is 0. The molecule has 3 rings (SSSR count). The zero-order valence-electron chi connectivity index (χ0n) is 13.3. The molecule has 1 nitrogen and oxygen atoms in total. The minimum Gasteiger partial charge on any atom is -0.309 e. The molecular weight excluding hydrogens is 254 g/mol. The van der Waals surface area contributed by atoms with Crippen LogP contribution in [0.4, 0.5) is 0 Å². The number of hydrogen-bond acceptors (Lipinski definition) is 1. The van der Waals surface area contributed by atoms with Gasteiger partial charge in [0.25, 0.3) is 0 Å². The van der Waals surface area contributed by atoms with E-state index in [1.54, 1.807) is 0 Å². The maximum Gasteiger partial charge on any atom is 0.0363 e. The predicted octanol–water partition coefficient (Wildman–Crippen LogP) is 4.41. The molecule has 1 N–H and O–H groups in total. The Morgan fingerprint density at radius 3 is 2.52 bits per heavy atom. The highest BCUT2D eigenvalue weighted by Gasteiger charge is 2.22. The van der Waals surface area contributed by atoms with Crippen LogP contribution in [0.5, 0.6) is 0 Å². The Morgan fingerprint density at radius 1 is 1.05 bits per heavy atom. The molecule has 0 bridgehead atoms. The van der Waals surface area contributed by atoms with Gasteiger partial charge in [0, 0.05) is 6.04 Å². The number of hydrogen-bond donors (Lipinski definition) is 1. The minimum atomic E-state index is 0.212. The summed E-state index contributed by atoms with van der Waals surface area (Å²) in [5, 5.41) is 3.70. The highest BCUT2D eigenvalue weighted by Crippen LogP contribution is 2.31. The quantitative estimate of drug-likeness (QED) is 0.858. The summed E-state index contributed by atoms with van der Waals surface area (Å²) in [5.41, 5.74) is 6.07. The number of benzene rings is 2. The molecule has 0 saturated carbocycles. The fourth-order valence-corrected chi connectivity index (χ4v) is 3.14. The molecule has 110 valence electrons. The van der Waals surface area contributed by atoms with Crippen molar-refractivity contribution in [2.24, 2.45) is 0 Å². The first-order valence-electron chi connectivity index (χ1n) is 7.94. The normalized spacial score (nSPS) is 18.3. The summed E-state index contributed by atoms with van der Waals surface area (Å²) >= 11 is 0. The first-order chi connectivity index (χ1) is 10.0. The van der Waals surface area contributed by atoms with E-state index in [2.05, 4.69) is 74.6 Å². The van der Waals surface area contributed by atoms with Crippen LogP contribution in [0.15, 0.2) is 48.5 Å². The number of fused-ring (bicyclic) bond motifs is 1. The molecule has 1 atom stereocenters. The van der Waals surface area contributed by atoms with E-state index in [0.717, 1.165) is 19.4 Å². The van der Waals surface area contributed by atoms with Crippen LogP contribution in [-0.2, 0) is 18.3 Å². The van der Waals surface area contributed by atoms with Gasteiger partial charge in [0.2, 0.25) is 0 Å². The molecule has 1 aliphatic rings. The fourth-order valence-electron chi connectivity index (χ4n) is 3.14. The van der Waals surface area contributed by atoms with Crippen LogP contribution in [0.3, 0.4) is 0 Å². The zero-order valence-corrected chi connectivity index (χ0v) is 13.3. The summed E-state index contributed by atoms with van der Waals surface area (Å²) in [7, 11) is 0. The molecular formula is C20H25N. The van der Waals surface area contributed by atoms with Gasteiger partial charge >= 0.3 is 0 Å². The van der Waals surface area contributed by atoms with E-state index in [0.29, 0.717) is 6.04 Å². The second-order valence-corrected chi connectivity index (χ2v) is 7.11. The van der Waals surface area contributed by atoms with Gasteiger partial charge in [0.1, 0.15) is 0 Å². The van der Waals surface area contributed by atoms with Crippen molar-refractivity contribution in [2.45, 2.75) is 45.1 Å². The van der Waals surface area contributed by atoms with Gasteiger partial charge in [-0.25, -0.2) is 0 Å². The van der Waals surface area contributed by atoms with Gasteiger partial charge in [-0.05, 0) is 47.1 Å². The van der Waals surface area contributed by atoms with Gasteiger partial charge < -0.3 is 5.32 Å². The zero-order chi connectivity index (χ0) is 14.9. The number of rotatable bonds is 2. The largest absolute Gasteiger partial charge is 0.309 e. The Hall–Kier alpha value is -1.60. The van der Waals surface area contributed by atoms with Crippen molar-refractivity contribution in [3.8, 4) is 0 Å². The summed E-state index contributed by atoms with van der Waals surface area (Å²) in [6.45, 7) is 7.95. The van der Waals surface area contributed by atoms with E-state index in [9.17, 15) is 0 Å². The molecule has 21 heavy (non-hydrogen) atoms.